The van der Waals surface area contributed by atoms with Gasteiger partial charge in [0.05, 0.1) is 25.5 Å². The first kappa shape index (κ1) is 20.1. The molecule has 2 aromatic carbocycles. The molecule has 8 heteroatoms. The predicted octanol–water partition coefficient (Wildman–Crippen LogP) is 3.35. The van der Waals surface area contributed by atoms with E-state index in [-0.39, 0.29) is 17.6 Å². The fraction of sp³-hybridized carbons (Fsp3) is 0.0952. The standard InChI is InChI=1S/C21H19N3O4S/c1-27-18-10-3-2-9-17(18)20(26)24-21(29)23-15-7-4-6-14(12-15)19(25)22-13-16-8-5-11-28-16/h2-12H,13H2,1H3,(H,22,25)(H2,23,24,26,29). The van der Waals surface area contributed by atoms with Crippen molar-refractivity contribution in [2.45, 2.75) is 6.54 Å². The Kier molecular flexibility index (Phi) is 6.59. The van der Waals surface area contributed by atoms with Crippen LogP contribution < -0.4 is 20.7 Å². The molecule has 0 aliphatic heterocycles. The summed E-state index contributed by atoms with van der Waals surface area (Å²) in [5, 5.41) is 8.38. The zero-order chi connectivity index (χ0) is 20.6. The number of rotatable bonds is 6. The Morgan fingerprint density at radius 1 is 1.03 bits per heavy atom. The molecule has 0 fully saturated rings. The van der Waals surface area contributed by atoms with Crippen LogP contribution in [0.1, 0.15) is 26.5 Å². The third kappa shape index (κ3) is 5.43. The molecule has 0 unspecified atom stereocenters. The lowest BCUT2D eigenvalue weighted by atomic mass is 10.2. The van der Waals surface area contributed by atoms with Gasteiger partial charge < -0.3 is 19.8 Å². The van der Waals surface area contributed by atoms with Crippen molar-refractivity contribution in [1.29, 1.82) is 0 Å². The van der Waals surface area contributed by atoms with Gasteiger partial charge in [-0.25, -0.2) is 0 Å². The number of amides is 2. The van der Waals surface area contributed by atoms with Crippen LogP contribution in [0.4, 0.5) is 5.69 Å². The van der Waals surface area contributed by atoms with Gasteiger partial charge in [-0.2, -0.15) is 0 Å². The lowest BCUT2D eigenvalue weighted by Crippen LogP contribution is -2.34. The average Bonchev–Trinajstić information content (AvgIpc) is 3.25. The second-order valence-electron chi connectivity index (χ2n) is 5.95. The van der Waals surface area contributed by atoms with Gasteiger partial charge >= 0.3 is 0 Å². The quantitative estimate of drug-likeness (QED) is 0.541. The van der Waals surface area contributed by atoms with Crippen LogP contribution in [0.2, 0.25) is 0 Å². The van der Waals surface area contributed by atoms with Crippen LogP contribution in [0, 0.1) is 0 Å². The lowest BCUT2D eigenvalue weighted by Gasteiger charge is -2.12. The van der Waals surface area contributed by atoms with Crippen LogP contribution >= 0.6 is 12.2 Å². The van der Waals surface area contributed by atoms with E-state index in [2.05, 4.69) is 16.0 Å². The summed E-state index contributed by atoms with van der Waals surface area (Å²) < 4.78 is 10.4. The summed E-state index contributed by atoms with van der Waals surface area (Å²) in [5.41, 5.74) is 1.38. The van der Waals surface area contributed by atoms with Gasteiger partial charge in [0.15, 0.2) is 5.11 Å². The minimum absolute atomic E-state index is 0.106. The molecule has 1 heterocycles. The van der Waals surface area contributed by atoms with Crippen LogP contribution in [0.25, 0.3) is 0 Å². The molecule has 0 spiro atoms. The third-order valence-electron chi connectivity index (χ3n) is 3.96. The minimum Gasteiger partial charge on any atom is -0.496 e. The number of methoxy groups -OCH3 is 1. The van der Waals surface area contributed by atoms with E-state index in [4.69, 9.17) is 21.4 Å². The van der Waals surface area contributed by atoms with E-state index in [9.17, 15) is 9.59 Å². The van der Waals surface area contributed by atoms with Crippen molar-refractivity contribution in [3.8, 4) is 5.75 Å². The van der Waals surface area contributed by atoms with Crippen LogP contribution in [0.15, 0.2) is 71.3 Å². The van der Waals surface area contributed by atoms with E-state index in [1.807, 2.05) is 0 Å². The SMILES string of the molecule is COc1ccccc1C(=O)NC(=S)Nc1cccc(C(=O)NCc2ccco2)c1. The molecular weight excluding hydrogens is 390 g/mol. The Morgan fingerprint density at radius 3 is 2.62 bits per heavy atom. The number of carbonyl (C=O) groups is 2. The molecule has 0 atom stereocenters. The highest BCUT2D eigenvalue weighted by molar-refractivity contribution is 7.80. The largest absolute Gasteiger partial charge is 0.496 e. The summed E-state index contributed by atoms with van der Waals surface area (Å²) in [7, 11) is 1.49. The number of furan rings is 1. The van der Waals surface area contributed by atoms with Gasteiger partial charge in [-0.3, -0.25) is 14.9 Å². The number of thiocarbonyl (C=S) groups is 1. The van der Waals surface area contributed by atoms with Gasteiger partial charge in [-0.05, 0) is 54.7 Å². The van der Waals surface area contributed by atoms with Crippen molar-refractivity contribution in [1.82, 2.24) is 10.6 Å². The minimum atomic E-state index is -0.396. The van der Waals surface area contributed by atoms with Crippen LogP contribution in [0.3, 0.4) is 0 Å². The van der Waals surface area contributed by atoms with E-state index in [0.717, 1.165) is 0 Å². The number of ether oxygens (including phenoxy) is 1. The lowest BCUT2D eigenvalue weighted by molar-refractivity contribution is 0.0945. The number of nitrogens with one attached hydrogen (secondary N) is 3. The van der Waals surface area contributed by atoms with Gasteiger partial charge in [0.1, 0.15) is 11.5 Å². The number of hydrogen-bond acceptors (Lipinski definition) is 5. The normalized spacial score (nSPS) is 10.1. The number of para-hydroxylation sites is 1. The maximum Gasteiger partial charge on any atom is 0.261 e. The molecule has 3 rings (SSSR count). The van der Waals surface area contributed by atoms with Gasteiger partial charge in [0, 0.05) is 11.3 Å². The van der Waals surface area contributed by atoms with Crippen molar-refractivity contribution in [2.75, 3.05) is 12.4 Å². The first-order valence-corrected chi connectivity index (χ1v) is 9.13. The molecule has 1 aromatic heterocycles. The van der Waals surface area contributed by atoms with Gasteiger partial charge in [0.25, 0.3) is 11.8 Å². The summed E-state index contributed by atoms with van der Waals surface area (Å²) in [6, 6.07) is 17.1. The summed E-state index contributed by atoms with van der Waals surface area (Å²) in [5.74, 6) is 0.456. The van der Waals surface area contributed by atoms with Crippen molar-refractivity contribution in [3.63, 3.8) is 0 Å². The monoisotopic (exact) mass is 409 g/mol. The average molecular weight is 409 g/mol. The Bertz CT molecular complexity index is 1020. The van der Waals surface area contributed by atoms with Gasteiger partial charge in [-0.15, -0.1) is 0 Å². The molecular formula is C21H19N3O4S. The topological polar surface area (TPSA) is 92.6 Å². The molecule has 3 N–H and O–H groups in total. The number of carbonyl (C=O) groups excluding carboxylic acids is 2. The second kappa shape index (κ2) is 9.52. The highest BCUT2D eigenvalue weighted by Crippen LogP contribution is 2.17. The maximum atomic E-state index is 12.4. The molecule has 2 amide bonds. The highest BCUT2D eigenvalue weighted by atomic mass is 32.1. The number of hydrogen-bond donors (Lipinski definition) is 3. The third-order valence-corrected chi connectivity index (χ3v) is 4.17. The van der Waals surface area contributed by atoms with Crippen molar-refractivity contribution in [2.24, 2.45) is 0 Å². The van der Waals surface area contributed by atoms with Crippen molar-refractivity contribution < 1.29 is 18.7 Å². The zero-order valence-electron chi connectivity index (χ0n) is 15.6. The van der Waals surface area contributed by atoms with E-state index in [1.54, 1.807) is 66.9 Å². The summed E-state index contributed by atoms with van der Waals surface area (Å²) in [4.78, 5) is 24.7. The summed E-state index contributed by atoms with van der Waals surface area (Å²) in [6.07, 6.45) is 1.55. The number of anilines is 1. The molecule has 7 nitrogen and oxygen atoms in total. The molecule has 0 radical (unpaired) electrons. The predicted molar refractivity (Wildman–Crippen MR) is 113 cm³/mol. The first-order valence-electron chi connectivity index (χ1n) is 8.73. The molecule has 148 valence electrons. The zero-order valence-corrected chi connectivity index (χ0v) is 16.4. The van der Waals surface area contributed by atoms with E-state index in [0.29, 0.717) is 28.3 Å². The van der Waals surface area contributed by atoms with Crippen LogP contribution in [-0.2, 0) is 6.54 Å². The van der Waals surface area contributed by atoms with Crippen LogP contribution in [-0.4, -0.2) is 24.0 Å². The van der Waals surface area contributed by atoms with Gasteiger partial charge in [-0.1, -0.05) is 18.2 Å². The molecule has 29 heavy (non-hydrogen) atoms. The molecule has 0 aliphatic carbocycles. The first-order chi connectivity index (χ1) is 14.1. The Morgan fingerprint density at radius 2 is 1.86 bits per heavy atom. The molecule has 0 saturated heterocycles. The molecule has 0 bridgehead atoms. The number of benzene rings is 2. The second-order valence-corrected chi connectivity index (χ2v) is 6.36. The Balaban J connectivity index is 1.59. The summed E-state index contributed by atoms with van der Waals surface area (Å²) >= 11 is 5.21. The Labute approximate surface area is 173 Å². The maximum absolute atomic E-state index is 12.4. The Hall–Kier alpha value is -3.65. The van der Waals surface area contributed by atoms with Crippen molar-refractivity contribution >= 4 is 34.8 Å². The smallest absolute Gasteiger partial charge is 0.261 e. The molecule has 3 aromatic rings. The summed E-state index contributed by atoms with van der Waals surface area (Å²) in [6.45, 7) is 0.289. The fourth-order valence-electron chi connectivity index (χ4n) is 2.59. The molecule has 0 aliphatic rings. The van der Waals surface area contributed by atoms with E-state index < -0.39 is 5.91 Å². The molecule has 0 saturated carbocycles. The van der Waals surface area contributed by atoms with Crippen LogP contribution in [0.5, 0.6) is 5.75 Å². The van der Waals surface area contributed by atoms with E-state index in [1.165, 1.54) is 7.11 Å². The van der Waals surface area contributed by atoms with Crippen molar-refractivity contribution in [3.05, 3.63) is 83.8 Å². The van der Waals surface area contributed by atoms with E-state index >= 15 is 0 Å². The van der Waals surface area contributed by atoms with Gasteiger partial charge in [0.2, 0.25) is 0 Å². The fourth-order valence-corrected chi connectivity index (χ4v) is 2.80. The highest BCUT2D eigenvalue weighted by Gasteiger charge is 2.13.